The van der Waals surface area contributed by atoms with E-state index in [2.05, 4.69) is 4.98 Å². The second-order valence-electron chi connectivity index (χ2n) is 2.61. The van der Waals surface area contributed by atoms with Crippen LogP contribution in [0.5, 0.6) is 0 Å². The number of sulfonamides is 1. The molecule has 1 aromatic heterocycles. The van der Waals surface area contributed by atoms with Crippen molar-refractivity contribution in [3.05, 3.63) is 10.7 Å². The van der Waals surface area contributed by atoms with Gasteiger partial charge in [-0.25, -0.2) is 22.2 Å². The Balaban J connectivity index is 2.93. The zero-order valence-corrected chi connectivity index (χ0v) is 9.91. The summed E-state index contributed by atoms with van der Waals surface area (Å²) in [6.07, 6.45) is -1.67. The molecule has 0 saturated heterocycles. The molecule has 1 aromatic rings. The first-order valence-corrected chi connectivity index (χ1v) is 6.33. The maximum atomic E-state index is 12.0. The summed E-state index contributed by atoms with van der Waals surface area (Å²) in [6, 6.07) is 0. The van der Waals surface area contributed by atoms with Crippen LogP contribution >= 0.6 is 22.9 Å². The molecule has 0 aliphatic rings. The lowest BCUT2D eigenvalue weighted by atomic mass is 10.7. The molecule has 0 amide bonds. The molecule has 0 spiro atoms. The molecule has 4 nitrogen and oxygen atoms in total. The highest BCUT2D eigenvalue weighted by Crippen LogP contribution is 2.25. The maximum absolute atomic E-state index is 12.0. The van der Waals surface area contributed by atoms with Crippen LogP contribution in [0.4, 0.5) is 8.78 Å². The Hall–Kier alpha value is -0.310. The number of thiazole rings is 1. The van der Waals surface area contributed by atoms with Crippen LogP contribution in [0.25, 0.3) is 0 Å². The van der Waals surface area contributed by atoms with Gasteiger partial charge in [0.25, 0.3) is 16.4 Å². The smallest absolute Gasteiger partial charge is 0.232 e. The Labute approximate surface area is 94.5 Å². The largest absolute Gasteiger partial charge is 0.254 e. The van der Waals surface area contributed by atoms with Crippen molar-refractivity contribution in [2.45, 2.75) is 10.6 Å². The maximum Gasteiger partial charge on any atom is 0.254 e. The molecule has 0 aromatic carbocycles. The highest BCUT2D eigenvalue weighted by molar-refractivity contribution is 7.91. The molecule has 1 rings (SSSR count). The van der Waals surface area contributed by atoms with Crippen molar-refractivity contribution in [1.29, 1.82) is 0 Å². The van der Waals surface area contributed by atoms with Gasteiger partial charge in [-0.15, -0.1) is 0 Å². The van der Waals surface area contributed by atoms with Gasteiger partial charge in [-0.1, -0.05) is 22.9 Å². The second kappa shape index (κ2) is 4.69. The van der Waals surface area contributed by atoms with Crippen LogP contribution in [0, 0.1) is 0 Å². The number of aromatic nitrogens is 1. The van der Waals surface area contributed by atoms with Gasteiger partial charge in [0.1, 0.15) is 0 Å². The Morgan fingerprint density at radius 1 is 1.67 bits per heavy atom. The third kappa shape index (κ3) is 3.07. The van der Waals surface area contributed by atoms with Crippen molar-refractivity contribution < 1.29 is 17.2 Å². The first-order chi connectivity index (χ1) is 6.84. The van der Waals surface area contributed by atoms with E-state index in [1.165, 1.54) is 0 Å². The summed E-state index contributed by atoms with van der Waals surface area (Å²) in [5.74, 6) is 0. The summed E-state index contributed by atoms with van der Waals surface area (Å²) in [7, 11) is -2.81. The molecule has 15 heavy (non-hydrogen) atoms. The summed E-state index contributed by atoms with van der Waals surface area (Å²) < 4.78 is 47.6. The van der Waals surface area contributed by atoms with Crippen LogP contribution in [0.1, 0.15) is 0 Å². The number of rotatable bonds is 4. The zero-order valence-electron chi connectivity index (χ0n) is 7.52. The monoisotopic (exact) mass is 276 g/mol. The van der Waals surface area contributed by atoms with Crippen molar-refractivity contribution in [2.24, 2.45) is 0 Å². The minimum Gasteiger partial charge on any atom is -0.232 e. The van der Waals surface area contributed by atoms with Gasteiger partial charge in [0, 0.05) is 7.05 Å². The van der Waals surface area contributed by atoms with Crippen LogP contribution in [0.15, 0.2) is 10.4 Å². The number of halogens is 3. The standard InChI is InChI=1S/C6H7ClF2N2O2S2/c1-11(3-4(8)9)15(12,13)5-2-10-6(7)14-5/h2,4H,3H2,1H3. The lowest BCUT2D eigenvalue weighted by molar-refractivity contribution is 0.126. The number of hydrogen-bond acceptors (Lipinski definition) is 4. The first kappa shape index (κ1) is 12.8. The van der Waals surface area contributed by atoms with Crippen LogP contribution in [0.2, 0.25) is 4.47 Å². The Bertz CT molecular complexity index is 434. The van der Waals surface area contributed by atoms with E-state index < -0.39 is 23.0 Å². The van der Waals surface area contributed by atoms with Gasteiger partial charge in [-0.3, -0.25) is 0 Å². The van der Waals surface area contributed by atoms with Crippen LogP contribution < -0.4 is 0 Å². The van der Waals surface area contributed by atoms with Crippen LogP contribution in [-0.2, 0) is 10.0 Å². The highest BCUT2D eigenvalue weighted by atomic mass is 35.5. The van der Waals surface area contributed by atoms with Crippen molar-refractivity contribution in [3.8, 4) is 0 Å². The van der Waals surface area contributed by atoms with Crippen molar-refractivity contribution >= 4 is 33.0 Å². The van der Waals surface area contributed by atoms with Gasteiger partial charge in [-0.2, -0.15) is 4.31 Å². The van der Waals surface area contributed by atoms with E-state index in [4.69, 9.17) is 11.6 Å². The third-order valence-electron chi connectivity index (χ3n) is 1.52. The quantitative estimate of drug-likeness (QED) is 0.841. The minimum absolute atomic E-state index is 0.0546. The lowest BCUT2D eigenvalue weighted by Crippen LogP contribution is -2.30. The summed E-state index contributed by atoms with van der Waals surface area (Å²) in [4.78, 5) is 3.54. The van der Waals surface area contributed by atoms with E-state index in [1.807, 2.05) is 0 Å². The highest BCUT2D eigenvalue weighted by Gasteiger charge is 2.25. The van der Waals surface area contributed by atoms with Gasteiger partial charge >= 0.3 is 0 Å². The molecule has 0 aliphatic heterocycles. The van der Waals surface area contributed by atoms with E-state index in [0.29, 0.717) is 4.31 Å². The fourth-order valence-corrected chi connectivity index (χ4v) is 3.46. The van der Waals surface area contributed by atoms with E-state index >= 15 is 0 Å². The number of nitrogens with zero attached hydrogens (tertiary/aromatic N) is 2. The average molecular weight is 277 g/mol. The molecule has 0 unspecified atom stereocenters. The topological polar surface area (TPSA) is 50.3 Å². The Morgan fingerprint density at radius 3 is 2.67 bits per heavy atom. The Kier molecular flexibility index (Phi) is 3.99. The fraction of sp³-hybridized carbons (Fsp3) is 0.500. The van der Waals surface area contributed by atoms with E-state index in [-0.39, 0.29) is 8.68 Å². The number of alkyl halides is 2. The summed E-state index contributed by atoms with van der Waals surface area (Å²) >= 11 is 6.18. The molecule has 0 atom stereocenters. The lowest BCUT2D eigenvalue weighted by Gasteiger charge is -2.14. The molecule has 1 heterocycles. The summed E-state index contributed by atoms with van der Waals surface area (Å²) in [6.45, 7) is -0.849. The SMILES string of the molecule is CN(CC(F)F)S(=O)(=O)c1cnc(Cl)s1. The molecular formula is C6H7ClF2N2O2S2. The van der Waals surface area contributed by atoms with Gasteiger partial charge in [0.05, 0.1) is 12.7 Å². The number of hydrogen-bond donors (Lipinski definition) is 0. The molecule has 0 saturated carbocycles. The van der Waals surface area contributed by atoms with Gasteiger partial charge in [0.15, 0.2) is 8.68 Å². The predicted molar refractivity (Wildman–Crippen MR) is 52.9 cm³/mol. The van der Waals surface area contributed by atoms with Crippen molar-refractivity contribution in [1.82, 2.24) is 9.29 Å². The first-order valence-electron chi connectivity index (χ1n) is 3.70. The van der Waals surface area contributed by atoms with E-state index in [9.17, 15) is 17.2 Å². The van der Waals surface area contributed by atoms with Crippen LogP contribution in [-0.4, -0.2) is 37.7 Å². The van der Waals surface area contributed by atoms with Gasteiger partial charge in [0.2, 0.25) is 0 Å². The van der Waals surface area contributed by atoms with E-state index in [0.717, 1.165) is 24.6 Å². The molecule has 86 valence electrons. The molecule has 0 radical (unpaired) electrons. The predicted octanol–water partition coefficient (Wildman–Crippen LogP) is 1.68. The van der Waals surface area contributed by atoms with Crippen LogP contribution in [0.3, 0.4) is 0 Å². The summed E-state index contributed by atoms with van der Waals surface area (Å²) in [5.41, 5.74) is 0. The molecule has 9 heteroatoms. The molecule has 0 fully saturated rings. The fourth-order valence-electron chi connectivity index (χ4n) is 0.804. The zero-order chi connectivity index (χ0) is 11.6. The van der Waals surface area contributed by atoms with Crippen molar-refractivity contribution in [2.75, 3.05) is 13.6 Å². The molecule has 0 bridgehead atoms. The van der Waals surface area contributed by atoms with Gasteiger partial charge < -0.3 is 0 Å². The molecule has 0 aliphatic carbocycles. The van der Waals surface area contributed by atoms with Crippen molar-refractivity contribution in [3.63, 3.8) is 0 Å². The Morgan fingerprint density at radius 2 is 2.27 bits per heavy atom. The van der Waals surface area contributed by atoms with Gasteiger partial charge in [-0.05, 0) is 0 Å². The molecular weight excluding hydrogens is 270 g/mol. The second-order valence-corrected chi connectivity index (χ2v) is 6.49. The summed E-state index contributed by atoms with van der Waals surface area (Å²) in [5, 5.41) is 0. The van der Waals surface area contributed by atoms with E-state index in [1.54, 1.807) is 0 Å². The minimum atomic E-state index is -3.89. The average Bonchev–Trinajstić information content (AvgIpc) is 2.50. The molecule has 0 N–H and O–H groups in total. The normalized spacial score (nSPS) is 12.7. The third-order valence-corrected chi connectivity index (χ3v) is 4.89.